The molecule has 2 amide bonds. The number of nitrogens with one attached hydrogen (secondary N) is 1. The molecule has 124 valence electrons. The maximum Gasteiger partial charge on any atom is 0.325 e. The van der Waals surface area contributed by atoms with Crippen LogP contribution in [0, 0.1) is 0 Å². The Bertz CT molecular complexity index is 582. The molecule has 0 atom stereocenters. The Balaban J connectivity index is 1.75. The van der Waals surface area contributed by atoms with E-state index in [1.807, 2.05) is 0 Å². The number of carbonyl (C=O) groups excluding carboxylic acids is 3. The predicted molar refractivity (Wildman–Crippen MR) is 82.1 cm³/mol. The number of ether oxygens (including phenoxy) is 2. The summed E-state index contributed by atoms with van der Waals surface area (Å²) < 4.78 is 9.96. The van der Waals surface area contributed by atoms with Crippen molar-refractivity contribution in [3.63, 3.8) is 0 Å². The van der Waals surface area contributed by atoms with E-state index in [1.54, 1.807) is 29.2 Å². The minimum Gasteiger partial charge on any atom is -0.496 e. The van der Waals surface area contributed by atoms with Crippen LogP contribution in [0.15, 0.2) is 24.3 Å². The van der Waals surface area contributed by atoms with Crippen molar-refractivity contribution in [2.75, 3.05) is 33.4 Å². The van der Waals surface area contributed by atoms with Gasteiger partial charge in [0.05, 0.1) is 12.7 Å². The van der Waals surface area contributed by atoms with E-state index >= 15 is 0 Å². The van der Waals surface area contributed by atoms with Crippen molar-refractivity contribution < 1.29 is 23.9 Å². The minimum atomic E-state index is -0.652. The van der Waals surface area contributed by atoms with Crippen LogP contribution in [0.2, 0.25) is 0 Å². The summed E-state index contributed by atoms with van der Waals surface area (Å²) in [5, 5.41) is 2.45. The van der Waals surface area contributed by atoms with Gasteiger partial charge in [0.25, 0.3) is 11.8 Å². The standard InChI is InChI=1S/C16H20N2O5/c1-22-13-7-3-2-6-12(13)16(21)17-10-15(20)23-11-14(19)18-8-4-5-9-18/h2-3,6-7H,4-5,8-11H2,1H3,(H,17,21). The van der Waals surface area contributed by atoms with Gasteiger partial charge in [0.15, 0.2) is 6.61 Å². The molecule has 0 aliphatic carbocycles. The third kappa shape index (κ3) is 4.70. The van der Waals surface area contributed by atoms with Crippen LogP contribution >= 0.6 is 0 Å². The number of nitrogens with zero attached hydrogens (tertiary/aromatic N) is 1. The van der Waals surface area contributed by atoms with Gasteiger partial charge in [0.2, 0.25) is 0 Å². The summed E-state index contributed by atoms with van der Waals surface area (Å²) in [6.45, 7) is 0.829. The maximum absolute atomic E-state index is 12.0. The quantitative estimate of drug-likeness (QED) is 0.776. The molecule has 2 rings (SSSR count). The molecule has 1 saturated heterocycles. The van der Waals surface area contributed by atoms with Crippen molar-refractivity contribution in [1.29, 1.82) is 0 Å². The number of likely N-dealkylation sites (tertiary alicyclic amines) is 1. The first-order chi connectivity index (χ1) is 11.1. The van der Waals surface area contributed by atoms with Gasteiger partial charge in [-0.25, -0.2) is 0 Å². The molecule has 7 heteroatoms. The molecule has 0 aromatic heterocycles. The van der Waals surface area contributed by atoms with E-state index < -0.39 is 11.9 Å². The molecule has 1 aromatic carbocycles. The van der Waals surface area contributed by atoms with E-state index in [4.69, 9.17) is 9.47 Å². The summed E-state index contributed by atoms with van der Waals surface area (Å²) in [5.41, 5.74) is 0.330. The van der Waals surface area contributed by atoms with Crippen molar-refractivity contribution in [3.05, 3.63) is 29.8 Å². The second-order valence-electron chi connectivity index (χ2n) is 5.13. The summed E-state index contributed by atoms with van der Waals surface area (Å²) >= 11 is 0. The molecule has 1 aliphatic heterocycles. The molecule has 23 heavy (non-hydrogen) atoms. The van der Waals surface area contributed by atoms with Crippen LogP contribution < -0.4 is 10.1 Å². The highest BCUT2D eigenvalue weighted by molar-refractivity contribution is 5.98. The Labute approximate surface area is 134 Å². The summed E-state index contributed by atoms with van der Waals surface area (Å²) in [5.74, 6) is -0.874. The summed E-state index contributed by atoms with van der Waals surface area (Å²) in [6.07, 6.45) is 1.96. The Kier molecular flexibility index (Phi) is 5.96. The number of amides is 2. The summed E-state index contributed by atoms with van der Waals surface area (Å²) in [7, 11) is 1.46. The van der Waals surface area contributed by atoms with Crippen molar-refractivity contribution in [2.45, 2.75) is 12.8 Å². The topological polar surface area (TPSA) is 84.9 Å². The zero-order valence-electron chi connectivity index (χ0n) is 13.0. The van der Waals surface area contributed by atoms with Gasteiger partial charge < -0.3 is 19.7 Å². The molecule has 0 unspecified atom stereocenters. The fourth-order valence-electron chi connectivity index (χ4n) is 2.33. The lowest BCUT2D eigenvalue weighted by Crippen LogP contribution is -2.35. The number of hydrogen-bond acceptors (Lipinski definition) is 5. The fourth-order valence-corrected chi connectivity index (χ4v) is 2.33. The van der Waals surface area contributed by atoms with Gasteiger partial charge in [-0.1, -0.05) is 12.1 Å². The number of methoxy groups -OCH3 is 1. The first-order valence-electron chi connectivity index (χ1n) is 7.46. The van der Waals surface area contributed by atoms with Crippen LogP contribution in [0.5, 0.6) is 5.75 Å². The van der Waals surface area contributed by atoms with Crippen LogP contribution in [0.3, 0.4) is 0 Å². The number of para-hydroxylation sites is 1. The Morgan fingerprint density at radius 1 is 1.17 bits per heavy atom. The molecule has 1 aromatic rings. The SMILES string of the molecule is COc1ccccc1C(=O)NCC(=O)OCC(=O)N1CCCC1. The van der Waals surface area contributed by atoms with Gasteiger partial charge in [-0.2, -0.15) is 0 Å². The normalized spacial score (nSPS) is 13.5. The van der Waals surface area contributed by atoms with Crippen LogP contribution in [-0.2, 0) is 14.3 Å². The molecule has 0 bridgehead atoms. The number of benzene rings is 1. The number of esters is 1. The summed E-state index contributed by atoms with van der Waals surface area (Å²) in [6, 6.07) is 6.69. The molecule has 1 aliphatic rings. The molecular weight excluding hydrogens is 300 g/mol. The average Bonchev–Trinajstić information content (AvgIpc) is 3.12. The summed E-state index contributed by atoms with van der Waals surface area (Å²) in [4.78, 5) is 37.0. The molecule has 7 nitrogen and oxygen atoms in total. The maximum atomic E-state index is 12.0. The highest BCUT2D eigenvalue weighted by Crippen LogP contribution is 2.16. The third-order valence-corrected chi connectivity index (χ3v) is 3.56. The molecule has 1 N–H and O–H groups in total. The van der Waals surface area contributed by atoms with Crippen molar-refractivity contribution in [2.24, 2.45) is 0 Å². The van der Waals surface area contributed by atoms with E-state index in [2.05, 4.69) is 5.32 Å². The van der Waals surface area contributed by atoms with Crippen molar-refractivity contribution in [3.8, 4) is 5.75 Å². The second kappa shape index (κ2) is 8.17. The monoisotopic (exact) mass is 320 g/mol. The van der Waals surface area contributed by atoms with E-state index in [9.17, 15) is 14.4 Å². The first kappa shape index (κ1) is 16.8. The van der Waals surface area contributed by atoms with E-state index in [-0.39, 0.29) is 19.1 Å². The predicted octanol–water partition coefficient (Wildman–Crippen LogP) is 0.591. The zero-order chi connectivity index (χ0) is 16.7. The van der Waals surface area contributed by atoms with Crippen molar-refractivity contribution in [1.82, 2.24) is 10.2 Å². The number of carbonyl (C=O) groups is 3. The van der Waals surface area contributed by atoms with Crippen LogP contribution in [0.4, 0.5) is 0 Å². The first-order valence-corrected chi connectivity index (χ1v) is 7.46. The lowest BCUT2D eigenvalue weighted by molar-refractivity contribution is -0.150. The van der Waals surface area contributed by atoms with E-state index in [0.29, 0.717) is 24.4 Å². The van der Waals surface area contributed by atoms with Gasteiger partial charge >= 0.3 is 5.97 Å². The Morgan fingerprint density at radius 3 is 2.57 bits per heavy atom. The molecule has 1 heterocycles. The van der Waals surface area contributed by atoms with Crippen LogP contribution in [-0.4, -0.2) is 56.0 Å². The minimum absolute atomic E-state index is 0.202. The lowest BCUT2D eigenvalue weighted by atomic mass is 10.2. The fraction of sp³-hybridized carbons (Fsp3) is 0.438. The number of hydrogen-bond donors (Lipinski definition) is 1. The molecular formula is C16H20N2O5. The largest absolute Gasteiger partial charge is 0.496 e. The highest BCUT2D eigenvalue weighted by atomic mass is 16.5. The van der Waals surface area contributed by atoms with Crippen LogP contribution in [0.1, 0.15) is 23.2 Å². The Hall–Kier alpha value is -2.57. The second-order valence-corrected chi connectivity index (χ2v) is 5.13. The molecule has 0 radical (unpaired) electrons. The number of rotatable bonds is 6. The Morgan fingerprint density at radius 2 is 1.87 bits per heavy atom. The zero-order valence-corrected chi connectivity index (χ0v) is 13.0. The molecule has 0 saturated carbocycles. The smallest absolute Gasteiger partial charge is 0.325 e. The average molecular weight is 320 g/mol. The highest BCUT2D eigenvalue weighted by Gasteiger charge is 2.19. The van der Waals surface area contributed by atoms with E-state index in [1.165, 1.54) is 7.11 Å². The van der Waals surface area contributed by atoms with Gasteiger partial charge in [-0.15, -0.1) is 0 Å². The lowest BCUT2D eigenvalue weighted by Gasteiger charge is -2.15. The van der Waals surface area contributed by atoms with Gasteiger partial charge in [0.1, 0.15) is 12.3 Å². The van der Waals surface area contributed by atoms with Gasteiger partial charge in [-0.3, -0.25) is 14.4 Å². The third-order valence-electron chi connectivity index (χ3n) is 3.56. The van der Waals surface area contributed by atoms with Gasteiger partial charge in [-0.05, 0) is 25.0 Å². The van der Waals surface area contributed by atoms with Crippen LogP contribution in [0.25, 0.3) is 0 Å². The molecule has 0 spiro atoms. The van der Waals surface area contributed by atoms with Crippen molar-refractivity contribution >= 4 is 17.8 Å². The van der Waals surface area contributed by atoms with E-state index in [0.717, 1.165) is 12.8 Å². The van der Waals surface area contributed by atoms with Gasteiger partial charge in [0, 0.05) is 13.1 Å². The molecule has 1 fully saturated rings.